The van der Waals surface area contributed by atoms with Crippen LogP contribution in [0.15, 0.2) is 23.2 Å². The Balaban J connectivity index is 2.52. The second-order valence-corrected chi connectivity index (χ2v) is 4.13. The molecular formula is C11H15Cl2N3. The van der Waals surface area contributed by atoms with E-state index in [1.165, 1.54) is 0 Å². The summed E-state index contributed by atoms with van der Waals surface area (Å²) in [5.41, 5.74) is 6.62. The van der Waals surface area contributed by atoms with Crippen LogP contribution in [0.2, 0.25) is 10.0 Å². The fraction of sp³-hybridized carbons (Fsp3) is 0.364. The molecule has 3 nitrogen and oxygen atoms in total. The average Bonchev–Trinajstić information content (AvgIpc) is 2.22. The van der Waals surface area contributed by atoms with Crippen molar-refractivity contribution in [3.8, 4) is 0 Å². The van der Waals surface area contributed by atoms with E-state index < -0.39 is 0 Å². The van der Waals surface area contributed by atoms with Gasteiger partial charge in [0.1, 0.15) is 0 Å². The number of nitrogens with two attached hydrogens (primary N) is 1. The van der Waals surface area contributed by atoms with Crippen molar-refractivity contribution in [2.24, 2.45) is 10.7 Å². The first-order valence-electron chi connectivity index (χ1n) is 5.11. The molecule has 5 heteroatoms. The average molecular weight is 260 g/mol. The molecule has 0 saturated heterocycles. The Bertz CT molecular complexity index is 377. The summed E-state index contributed by atoms with van der Waals surface area (Å²) >= 11 is 11.8. The summed E-state index contributed by atoms with van der Waals surface area (Å²) in [5, 5.41) is 4.24. The van der Waals surface area contributed by atoms with E-state index in [0.717, 1.165) is 18.5 Å². The van der Waals surface area contributed by atoms with E-state index >= 15 is 0 Å². The third-order valence-electron chi connectivity index (χ3n) is 2.04. The fourth-order valence-electron chi connectivity index (χ4n) is 1.26. The zero-order chi connectivity index (χ0) is 12.0. The van der Waals surface area contributed by atoms with Crippen molar-refractivity contribution in [1.82, 2.24) is 5.32 Å². The Morgan fingerprint density at radius 2 is 2.19 bits per heavy atom. The molecular weight excluding hydrogens is 245 g/mol. The Labute approximate surface area is 106 Å². The largest absolute Gasteiger partial charge is 0.370 e. The molecule has 0 spiro atoms. The van der Waals surface area contributed by atoms with E-state index in [1.54, 1.807) is 6.07 Å². The van der Waals surface area contributed by atoms with Crippen molar-refractivity contribution in [3.63, 3.8) is 0 Å². The molecule has 88 valence electrons. The summed E-state index contributed by atoms with van der Waals surface area (Å²) in [6.45, 7) is 3.36. The van der Waals surface area contributed by atoms with Gasteiger partial charge in [0.05, 0.1) is 0 Å². The zero-order valence-electron chi connectivity index (χ0n) is 9.13. The first kappa shape index (κ1) is 13.1. The van der Waals surface area contributed by atoms with E-state index in [9.17, 15) is 0 Å². The van der Waals surface area contributed by atoms with Gasteiger partial charge in [0.15, 0.2) is 5.96 Å². The van der Waals surface area contributed by atoms with Gasteiger partial charge in [-0.3, -0.25) is 4.99 Å². The summed E-state index contributed by atoms with van der Waals surface area (Å²) in [6.07, 6.45) is 0.752. The first-order chi connectivity index (χ1) is 7.63. The SMILES string of the molecule is CCNC(N)=NCCc1ccc(Cl)cc1Cl. The zero-order valence-corrected chi connectivity index (χ0v) is 10.6. The van der Waals surface area contributed by atoms with Crippen LogP contribution in [0.5, 0.6) is 0 Å². The lowest BCUT2D eigenvalue weighted by molar-refractivity contribution is 0.906. The first-order valence-corrected chi connectivity index (χ1v) is 5.86. The molecule has 0 aliphatic heterocycles. The predicted molar refractivity (Wildman–Crippen MR) is 70.3 cm³/mol. The smallest absolute Gasteiger partial charge is 0.188 e. The van der Waals surface area contributed by atoms with Gasteiger partial charge in [0.2, 0.25) is 0 Å². The maximum absolute atomic E-state index is 6.03. The maximum Gasteiger partial charge on any atom is 0.188 e. The van der Waals surface area contributed by atoms with Gasteiger partial charge < -0.3 is 11.1 Å². The van der Waals surface area contributed by atoms with Crippen molar-refractivity contribution in [1.29, 1.82) is 0 Å². The van der Waals surface area contributed by atoms with Gasteiger partial charge in [-0.2, -0.15) is 0 Å². The quantitative estimate of drug-likeness (QED) is 0.645. The molecule has 3 N–H and O–H groups in total. The van der Waals surface area contributed by atoms with Gasteiger partial charge in [-0.15, -0.1) is 0 Å². The highest BCUT2D eigenvalue weighted by molar-refractivity contribution is 6.35. The van der Waals surface area contributed by atoms with E-state index in [4.69, 9.17) is 28.9 Å². The summed E-state index contributed by atoms with van der Waals surface area (Å²) in [6, 6.07) is 5.46. The van der Waals surface area contributed by atoms with E-state index in [2.05, 4.69) is 10.3 Å². The second-order valence-electron chi connectivity index (χ2n) is 3.28. The summed E-state index contributed by atoms with van der Waals surface area (Å²) in [7, 11) is 0. The number of aliphatic imine (C=N–C) groups is 1. The number of nitrogens with one attached hydrogen (secondary N) is 1. The molecule has 0 fully saturated rings. The molecule has 0 aromatic heterocycles. The minimum Gasteiger partial charge on any atom is -0.370 e. The van der Waals surface area contributed by atoms with Crippen molar-refractivity contribution in [3.05, 3.63) is 33.8 Å². The normalized spacial score (nSPS) is 11.6. The molecule has 0 heterocycles. The van der Waals surface area contributed by atoms with Crippen LogP contribution in [0.1, 0.15) is 12.5 Å². The Kier molecular flexibility index (Phi) is 5.43. The molecule has 0 aliphatic rings. The Morgan fingerprint density at radius 3 is 2.81 bits per heavy atom. The lowest BCUT2D eigenvalue weighted by Gasteiger charge is -2.04. The van der Waals surface area contributed by atoms with Crippen molar-refractivity contribution in [2.45, 2.75) is 13.3 Å². The molecule has 1 rings (SSSR count). The van der Waals surface area contributed by atoms with Crippen LogP contribution in [0.25, 0.3) is 0 Å². The lowest BCUT2D eigenvalue weighted by atomic mass is 10.1. The minimum absolute atomic E-state index is 0.465. The third-order valence-corrected chi connectivity index (χ3v) is 2.62. The molecule has 16 heavy (non-hydrogen) atoms. The summed E-state index contributed by atoms with van der Waals surface area (Å²) in [4.78, 5) is 4.16. The summed E-state index contributed by atoms with van der Waals surface area (Å²) < 4.78 is 0. The van der Waals surface area contributed by atoms with E-state index in [1.807, 2.05) is 19.1 Å². The van der Waals surface area contributed by atoms with Crippen LogP contribution in [0.3, 0.4) is 0 Å². The van der Waals surface area contributed by atoms with Gasteiger partial charge in [0, 0.05) is 23.1 Å². The highest BCUT2D eigenvalue weighted by atomic mass is 35.5. The van der Waals surface area contributed by atoms with Crippen LogP contribution in [0, 0.1) is 0 Å². The molecule has 0 unspecified atom stereocenters. The van der Waals surface area contributed by atoms with Crippen LogP contribution < -0.4 is 11.1 Å². The maximum atomic E-state index is 6.03. The highest BCUT2D eigenvalue weighted by Crippen LogP contribution is 2.21. The van der Waals surface area contributed by atoms with Crippen molar-refractivity contribution < 1.29 is 0 Å². The molecule has 0 amide bonds. The molecule has 1 aromatic carbocycles. The molecule has 0 atom stereocenters. The number of hydrogen-bond donors (Lipinski definition) is 2. The molecule has 0 aliphatic carbocycles. The third kappa shape index (κ3) is 4.29. The topological polar surface area (TPSA) is 50.4 Å². The van der Waals surface area contributed by atoms with Crippen LogP contribution in [-0.4, -0.2) is 19.0 Å². The van der Waals surface area contributed by atoms with Gasteiger partial charge in [0.25, 0.3) is 0 Å². The van der Waals surface area contributed by atoms with Crippen LogP contribution in [0.4, 0.5) is 0 Å². The highest BCUT2D eigenvalue weighted by Gasteiger charge is 2.00. The number of nitrogens with zero attached hydrogens (tertiary/aromatic N) is 1. The minimum atomic E-state index is 0.465. The van der Waals surface area contributed by atoms with Crippen molar-refractivity contribution in [2.75, 3.05) is 13.1 Å². The Hall–Kier alpha value is -0.930. The monoisotopic (exact) mass is 259 g/mol. The molecule has 0 saturated carbocycles. The standard InChI is InChI=1S/C11H15Cl2N3/c1-2-15-11(14)16-6-5-8-3-4-9(12)7-10(8)13/h3-4,7H,2,5-6H2,1H3,(H3,14,15,16). The molecule has 0 radical (unpaired) electrons. The van der Waals surface area contributed by atoms with Gasteiger partial charge >= 0.3 is 0 Å². The predicted octanol–water partition coefficient (Wildman–Crippen LogP) is 2.46. The van der Waals surface area contributed by atoms with Gasteiger partial charge in [-0.05, 0) is 31.0 Å². The van der Waals surface area contributed by atoms with Crippen molar-refractivity contribution >= 4 is 29.2 Å². The molecule has 0 bridgehead atoms. The summed E-state index contributed by atoms with van der Waals surface area (Å²) in [5.74, 6) is 0.465. The Morgan fingerprint density at radius 1 is 1.44 bits per heavy atom. The number of halogens is 2. The van der Waals surface area contributed by atoms with Crippen LogP contribution in [-0.2, 0) is 6.42 Å². The lowest BCUT2D eigenvalue weighted by Crippen LogP contribution is -2.31. The van der Waals surface area contributed by atoms with Gasteiger partial charge in [-0.1, -0.05) is 29.3 Å². The van der Waals surface area contributed by atoms with Gasteiger partial charge in [-0.25, -0.2) is 0 Å². The fourth-order valence-corrected chi connectivity index (χ4v) is 1.76. The number of benzene rings is 1. The molecule has 1 aromatic rings. The van der Waals surface area contributed by atoms with E-state index in [-0.39, 0.29) is 0 Å². The number of guanidine groups is 1. The van der Waals surface area contributed by atoms with E-state index in [0.29, 0.717) is 22.5 Å². The second kappa shape index (κ2) is 6.61. The van der Waals surface area contributed by atoms with Crippen LogP contribution >= 0.6 is 23.2 Å². The number of rotatable bonds is 4. The number of hydrogen-bond acceptors (Lipinski definition) is 1.